The minimum atomic E-state index is 0.265. The van der Waals surface area contributed by atoms with E-state index in [1.807, 2.05) is 6.07 Å². The Morgan fingerprint density at radius 3 is 2.42 bits per heavy atom. The van der Waals surface area contributed by atoms with Crippen molar-refractivity contribution >= 4 is 0 Å². The van der Waals surface area contributed by atoms with Crippen molar-refractivity contribution < 1.29 is 0 Å². The molecule has 1 aromatic carbocycles. The molecule has 12 heavy (non-hydrogen) atoms. The van der Waals surface area contributed by atoms with Gasteiger partial charge in [0.25, 0.3) is 0 Å². The third-order valence-corrected chi connectivity index (χ3v) is 2.82. The fourth-order valence-corrected chi connectivity index (χ4v) is 1.77. The van der Waals surface area contributed by atoms with Crippen LogP contribution in [0, 0.1) is 11.8 Å². The van der Waals surface area contributed by atoms with Gasteiger partial charge in [-0.15, -0.1) is 0 Å². The summed E-state index contributed by atoms with van der Waals surface area (Å²) < 4.78 is 0. The second-order valence-electron chi connectivity index (χ2n) is 3.81. The van der Waals surface area contributed by atoms with E-state index in [1.165, 1.54) is 12.0 Å². The van der Waals surface area contributed by atoms with Crippen molar-refractivity contribution in [2.24, 2.45) is 17.6 Å². The molecule has 0 saturated heterocycles. The monoisotopic (exact) mass is 161 g/mol. The van der Waals surface area contributed by atoms with Crippen molar-refractivity contribution in [1.29, 1.82) is 0 Å². The van der Waals surface area contributed by atoms with Gasteiger partial charge >= 0.3 is 0 Å². The first-order chi connectivity index (χ1) is 5.79. The Morgan fingerprint density at radius 2 is 1.92 bits per heavy atom. The SMILES string of the molecule is C[C@@H]1C[C@@H]1[C@@H](N)c1ccccc1. The van der Waals surface area contributed by atoms with Gasteiger partial charge in [0, 0.05) is 6.04 Å². The van der Waals surface area contributed by atoms with Crippen LogP contribution in [-0.4, -0.2) is 0 Å². The van der Waals surface area contributed by atoms with E-state index < -0.39 is 0 Å². The minimum Gasteiger partial charge on any atom is -0.324 e. The van der Waals surface area contributed by atoms with Crippen molar-refractivity contribution in [1.82, 2.24) is 0 Å². The fraction of sp³-hybridized carbons (Fsp3) is 0.455. The van der Waals surface area contributed by atoms with E-state index in [0.29, 0.717) is 0 Å². The van der Waals surface area contributed by atoms with Gasteiger partial charge in [0.05, 0.1) is 0 Å². The standard InChI is InChI=1S/C11H15N/c1-8-7-10(8)11(12)9-5-3-2-4-6-9/h2-6,8,10-11H,7,12H2,1H3/t8-,10+,11+/m1/s1. The zero-order chi connectivity index (χ0) is 8.55. The summed E-state index contributed by atoms with van der Waals surface area (Å²) in [6.07, 6.45) is 1.30. The van der Waals surface area contributed by atoms with Gasteiger partial charge in [0.15, 0.2) is 0 Å². The second kappa shape index (κ2) is 2.91. The number of rotatable bonds is 2. The van der Waals surface area contributed by atoms with E-state index in [9.17, 15) is 0 Å². The van der Waals surface area contributed by atoms with Gasteiger partial charge in [0.2, 0.25) is 0 Å². The highest BCUT2D eigenvalue weighted by molar-refractivity contribution is 5.20. The van der Waals surface area contributed by atoms with Crippen LogP contribution in [0.3, 0.4) is 0 Å². The number of hydrogen-bond donors (Lipinski definition) is 1. The summed E-state index contributed by atoms with van der Waals surface area (Å²) >= 11 is 0. The van der Waals surface area contributed by atoms with Crippen LogP contribution >= 0.6 is 0 Å². The third kappa shape index (κ3) is 1.37. The van der Waals surface area contributed by atoms with Gasteiger partial charge in [-0.25, -0.2) is 0 Å². The van der Waals surface area contributed by atoms with Gasteiger partial charge < -0.3 is 5.73 Å². The van der Waals surface area contributed by atoms with E-state index in [-0.39, 0.29) is 6.04 Å². The van der Waals surface area contributed by atoms with Gasteiger partial charge in [0.1, 0.15) is 0 Å². The Bertz CT molecular complexity index is 255. The highest BCUT2D eigenvalue weighted by atomic mass is 14.7. The molecule has 0 unspecified atom stereocenters. The summed E-state index contributed by atoms with van der Waals surface area (Å²) in [5, 5.41) is 0. The minimum absolute atomic E-state index is 0.265. The smallest absolute Gasteiger partial charge is 0.0326 e. The number of nitrogens with two attached hydrogens (primary N) is 1. The number of hydrogen-bond acceptors (Lipinski definition) is 1. The van der Waals surface area contributed by atoms with E-state index in [2.05, 4.69) is 31.2 Å². The molecular weight excluding hydrogens is 146 g/mol. The van der Waals surface area contributed by atoms with Crippen LogP contribution in [0.4, 0.5) is 0 Å². The molecule has 0 amide bonds. The average molecular weight is 161 g/mol. The molecule has 2 rings (SSSR count). The normalized spacial score (nSPS) is 29.8. The zero-order valence-electron chi connectivity index (χ0n) is 7.40. The summed E-state index contributed by atoms with van der Waals surface area (Å²) in [5.74, 6) is 1.56. The largest absolute Gasteiger partial charge is 0.324 e. The first-order valence-corrected chi connectivity index (χ1v) is 4.59. The first-order valence-electron chi connectivity index (χ1n) is 4.59. The molecule has 0 heterocycles. The van der Waals surface area contributed by atoms with Crippen LogP contribution in [0.15, 0.2) is 30.3 Å². The second-order valence-corrected chi connectivity index (χ2v) is 3.81. The lowest BCUT2D eigenvalue weighted by Gasteiger charge is -2.10. The first kappa shape index (κ1) is 7.81. The van der Waals surface area contributed by atoms with E-state index >= 15 is 0 Å². The zero-order valence-corrected chi connectivity index (χ0v) is 7.40. The van der Waals surface area contributed by atoms with Crippen LogP contribution in [0.25, 0.3) is 0 Å². The predicted octanol–water partition coefficient (Wildman–Crippen LogP) is 2.34. The van der Waals surface area contributed by atoms with Crippen molar-refractivity contribution in [2.45, 2.75) is 19.4 Å². The Morgan fingerprint density at radius 1 is 1.33 bits per heavy atom. The molecule has 2 N–H and O–H groups in total. The maximum absolute atomic E-state index is 6.09. The fourth-order valence-electron chi connectivity index (χ4n) is 1.77. The molecule has 64 valence electrons. The van der Waals surface area contributed by atoms with Crippen molar-refractivity contribution in [3.63, 3.8) is 0 Å². The Kier molecular flexibility index (Phi) is 1.89. The quantitative estimate of drug-likeness (QED) is 0.708. The highest BCUT2D eigenvalue weighted by Crippen LogP contribution is 2.45. The van der Waals surface area contributed by atoms with Crippen LogP contribution < -0.4 is 5.73 Å². The summed E-state index contributed by atoms with van der Waals surface area (Å²) in [7, 11) is 0. The van der Waals surface area contributed by atoms with Crippen molar-refractivity contribution in [3.05, 3.63) is 35.9 Å². The summed E-state index contributed by atoms with van der Waals surface area (Å²) in [5.41, 5.74) is 7.37. The Labute approximate surface area is 73.6 Å². The lowest BCUT2D eigenvalue weighted by atomic mass is 10.0. The Balaban J connectivity index is 2.10. The highest BCUT2D eigenvalue weighted by Gasteiger charge is 2.37. The molecular formula is C11H15N. The van der Waals surface area contributed by atoms with Crippen LogP contribution in [0.1, 0.15) is 24.9 Å². The van der Waals surface area contributed by atoms with Crippen molar-refractivity contribution in [2.75, 3.05) is 0 Å². The molecule has 1 aliphatic carbocycles. The molecule has 0 spiro atoms. The van der Waals surface area contributed by atoms with Gasteiger partial charge in [-0.2, -0.15) is 0 Å². The average Bonchev–Trinajstić information content (AvgIpc) is 2.83. The lowest BCUT2D eigenvalue weighted by molar-refractivity contribution is 0.593. The molecule has 1 fully saturated rings. The summed E-state index contributed by atoms with van der Waals surface area (Å²) in [4.78, 5) is 0. The van der Waals surface area contributed by atoms with Gasteiger partial charge in [-0.1, -0.05) is 37.3 Å². The molecule has 0 aromatic heterocycles. The number of benzene rings is 1. The molecule has 1 nitrogen and oxygen atoms in total. The van der Waals surface area contributed by atoms with E-state index in [0.717, 1.165) is 11.8 Å². The molecule has 0 radical (unpaired) electrons. The van der Waals surface area contributed by atoms with E-state index in [1.54, 1.807) is 0 Å². The Hall–Kier alpha value is -0.820. The molecule has 1 saturated carbocycles. The molecule has 1 heteroatoms. The van der Waals surface area contributed by atoms with Crippen LogP contribution in [0.2, 0.25) is 0 Å². The lowest BCUT2D eigenvalue weighted by Crippen LogP contribution is -2.12. The third-order valence-electron chi connectivity index (χ3n) is 2.82. The molecule has 3 atom stereocenters. The molecule has 1 aliphatic rings. The maximum Gasteiger partial charge on any atom is 0.0326 e. The van der Waals surface area contributed by atoms with Crippen LogP contribution in [0.5, 0.6) is 0 Å². The molecule has 1 aromatic rings. The van der Waals surface area contributed by atoms with Crippen molar-refractivity contribution in [3.8, 4) is 0 Å². The summed E-state index contributed by atoms with van der Waals surface area (Å²) in [6, 6.07) is 10.7. The summed E-state index contributed by atoms with van der Waals surface area (Å²) in [6.45, 7) is 2.27. The molecule has 0 aliphatic heterocycles. The van der Waals surface area contributed by atoms with E-state index in [4.69, 9.17) is 5.73 Å². The van der Waals surface area contributed by atoms with Crippen LogP contribution in [-0.2, 0) is 0 Å². The molecule has 0 bridgehead atoms. The predicted molar refractivity (Wildman–Crippen MR) is 50.6 cm³/mol. The maximum atomic E-state index is 6.09. The van der Waals surface area contributed by atoms with Gasteiger partial charge in [-0.05, 0) is 23.8 Å². The van der Waals surface area contributed by atoms with Gasteiger partial charge in [-0.3, -0.25) is 0 Å². The topological polar surface area (TPSA) is 26.0 Å².